The van der Waals surface area contributed by atoms with E-state index in [2.05, 4.69) is 13.8 Å². The highest BCUT2D eigenvalue weighted by atomic mass is 16.6. The topological polar surface area (TPSA) is 55.8 Å². The third-order valence-corrected chi connectivity index (χ3v) is 5.68. The van der Waals surface area contributed by atoms with Crippen LogP contribution in [0.4, 0.5) is 0 Å². The zero-order chi connectivity index (χ0) is 22.1. The predicted molar refractivity (Wildman–Crippen MR) is 127 cm³/mol. The molecule has 0 aromatic carbocycles. The fourth-order valence-electron chi connectivity index (χ4n) is 3.68. The maximum absolute atomic E-state index is 11.9. The first kappa shape index (κ1) is 29.4. The Morgan fingerprint density at radius 3 is 1.57 bits per heavy atom. The third-order valence-electron chi connectivity index (χ3n) is 5.68. The second-order valence-electron chi connectivity index (χ2n) is 8.78. The molecular weight excluding hydrogens is 376 g/mol. The van der Waals surface area contributed by atoms with Gasteiger partial charge in [-0.3, -0.25) is 4.79 Å². The van der Waals surface area contributed by atoms with Crippen molar-refractivity contribution in [2.24, 2.45) is 0 Å². The van der Waals surface area contributed by atoms with Crippen molar-refractivity contribution in [3.8, 4) is 0 Å². The first-order chi connectivity index (χ1) is 14.7. The zero-order valence-corrected chi connectivity index (χ0v) is 20.3. The number of rotatable bonds is 24. The first-order valence-electron chi connectivity index (χ1n) is 13.1. The van der Waals surface area contributed by atoms with Crippen LogP contribution in [0.2, 0.25) is 0 Å². The number of hydrogen-bond acceptors (Lipinski definition) is 4. The molecule has 0 bridgehead atoms. The van der Waals surface area contributed by atoms with Gasteiger partial charge in [0.05, 0.1) is 13.2 Å². The zero-order valence-electron chi connectivity index (χ0n) is 20.3. The molecule has 0 heterocycles. The Bertz CT molecular complexity index is 346. The highest BCUT2D eigenvalue weighted by Crippen LogP contribution is 2.13. The minimum absolute atomic E-state index is 0.166. The molecule has 30 heavy (non-hydrogen) atoms. The van der Waals surface area contributed by atoms with E-state index in [1.807, 2.05) is 0 Å². The van der Waals surface area contributed by atoms with E-state index in [0.29, 0.717) is 19.6 Å². The van der Waals surface area contributed by atoms with Crippen molar-refractivity contribution in [1.29, 1.82) is 0 Å². The summed E-state index contributed by atoms with van der Waals surface area (Å²) in [6.45, 7) is 5.30. The molecular formula is C26H52O4. The smallest absolute Gasteiger partial charge is 0.306 e. The summed E-state index contributed by atoms with van der Waals surface area (Å²) in [6, 6.07) is 0. The van der Waals surface area contributed by atoms with E-state index in [0.717, 1.165) is 19.3 Å². The number of aliphatic hydroxyl groups excluding tert-OH is 1. The van der Waals surface area contributed by atoms with Crippen molar-refractivity contribution in [3.63, 3.8) is 0 Å². The fourth-order valence-corrected chi connectivity index (χ4v) is 3.68. The first-order valence-corrected chi connectivity index (χ1v) is 13.1. The average Bonchev–Trinajstić information content (AvgIpc) is 2.75. The van der Waals surface area contributed by atoms with Gasteiger partial charge in [-0.15, -0.1) is 0 Å². The van der Waals surface area contributed by atoms with Crippen LogP contribution in [0.5, 0.6) is 0 Å². The molecule has 180 valence electrons. The van der Waals surface area contributed by atoms with Crippen LogP contribution in [0.25, 0.3) is 0 Å². The standard InChI is InChI=1S/C26H52O4/c1-3-5-7-9-11-12-13-14-15-16-17-19-21-26(28)30-25(23-27)24-29-22-20-18-10-8-6-4-2/h25,27H,3-24H2,1-2H3. The molecule has 1 unspecified atom stereocenters. The molecule has 0 aliphatic rings. The second-order valence-corrected chi connectivity index (χ2v) is 8.78. The van der Waals surface area contributed by atoms with Crippen molar-refractivity contribution in [2.75, 3.05) is 19.8 Å². The van der Waals surface area contributed by atoms with Gasteiger partial charge < -0.3 is 14.6 Å². The number of unbranched alkanes of at least 4 members (excludes halogenated alkanes) is 16. The van der Waals surface area contributed by atoms with Gasteiger partial charge in [0, 0.05) is 13.0 Å². The van der Waals surface area contributed by atoms with E-state index >= 15 is 0 Å². The minimum atomic E-state index is -0.519. The largest absolute Gasteiger partial charge is 0.457 e. The molecule has 4 heteroatoms. The fraction of sp³-hybridized carbons (Fsp3) is 0.962. The lowest BCUT2D eigenvalue weighted by atomic mass is 10.0. The molecule has 0 radical (unpaired) electrons. The lowest BCUT2D eigenvalue weighted by Gasteiger charge is -2.15. The van der Waals surface area contributed by atoms with Crippen molar-refractivity contribution >= 4 is 5.97 Å². The SMILES string of the molecule is CCCCCCCCCCCCCCC(=O)OC(CO)COCCCCCCCC. The van der Waals surface area contributed by atoms with Gasteiger partial charge in [0.15, 0.2) is 0 Å². The normalized spacial score (nSPS) is 12.2. The molecule has 0 aromatic heterocycles. The quantitative estimate of drug-likeness (QED) is 0.129. The van der Waals surface area contributed by atoms with Gasteiger partial charge in [-0.25, -0.2) is 0 Å². The summed E-state index contributed by atoms with van der Waals surface area (Å²) in [5.74, 6) is -0.204. The molecule has 0 aromatic rings. The molecule has 0 amide bonds. The van der Waals surface area contributed by atoms with Crippen LogP contribution in [0.3, 0.4) is 0 Å². The maximum atomic E-state index is 11.9. The number of esters is 1. The Hall–Kier alpha value is -0.610. The molecule has 0 rings (SSSR count). The van der Waals surface area contributed by atoms with E-state index in [-0.39, 0.29) is 12.6 Å². The summed E-state index contributed by atoms with van der Waals surface area (Å²) >= 11 is 0. The van der Waals surface area contributed by atoms with Crippen LogP contribution < -0.4 is 0 Å². The molecule has 0 fully saturated rings. The highest BCUT2D eigenvalue weighted by molar-refractivity contribution is 5.69. The molecule has 4 nitrogen and oxygen atoms in total. The number of ether oxygens (including phenoxy) is 2. The summed E-state index contributed by atoms with van der Waals surface area (Å²) in [5, 5.41) is 9.39. The van der Waals surface area contributed by atoms with Crippen LogP contribution >= 0.6 is 0 Å². The highest BCUT2D eigenvalue weighted by Gasteiger charge is 2.13. The van der Waals surface area contributed by atoms with Crippen LogP contribution in [-0.4, -0.2) is 37.0 Å². The van der Waals surface area contributed by atoms with Crippen molar-refractivity contribution in [2.45, 2.75) is 142 Å². The van der Waals surface area contributed by atoms with Gasteiger partial charge in [-0.1, -0.05) is 117 Å². The Labute approximate surface area is 187 Å². The number of aliphatic hydroxyl groups is 1. The van der Waals surface area contributed by atoms with Crippen LogP contribution in [0.1, 0.15) is 136 Å². The third kappa shape index (κ3) is 22.1. The molecule has 0 saturated heterocycles. The van der Waals surface area contributed by atoms with Gasteiger partial charge in [-0.05, 0) is 12.8 Å². The van der Waals surface area contributed by atoms with Gasteiger partial charge in [0.2, 0.25) is 0 Å². The van der Waals surface area contributed by atoms with E-state index in [9.17, 15) is 9.90 Å². The second kappa shape index (κ2) is 24.7. The average molecular weight is 429 g/mol. The van der Waals surface area contributed by atoms with Gasteiger partial charge in [-0.2, -0.15) is 0 Å². The van der Waals surface area contributed by atoms with Crippen molar-refractivity contribution in [1.82, 2.24) is 0 Å². The van der Waals surface area contributed by atoms with E-state index < -0.39 is 6.10 Å². The van der Waals surface area contributed by atoms with E-state index in [1.165, 1.54) is 96.3 Å². The Morgan fingerprint density at radius 2 is 1.10 bits per heavy atom. The number of carbonyl (C=O) groups excluding carboxylic acids is 1. The lowest BCUT2D eigenvalue weighted by molar-refractivity contribution is -0.154. The Kier molecular flexibility index (Phi) is 24.2. The molecule has 0 spiro atoms. The van der Waals surface area contributed by atoms with E-state index in [1.54, 1.807) is 0 Å². The van der Waals surface area contributed by atoms with Crippen LogP contribution in [-0.2, 0) is 14.3 Å². The summed E-state index contributed by atoms with van der Waals surface area (Å²) in [6.07, 6.45) is 22.7. The summed E-state index contributed by atoms with van der Waals surface area (Å²) in [4.78, 5) is 11.9. The number of carbonyl (C=O) groups is 1. The van der Waals surface area contributed by atoms with Gasteiger partial charge in [0.25, 0.3) is 0 Å². The number of hydrogen-bond donors (Lipinski definition) is 1. The van der Waals surface area contributed by atoms with Crippen LogP contribution in [0.15, 0.2) is 0 Å². The molecule has 0 aliphatic heterocycles. The maximum Gasteiger partial charge on any atom is 0.306 e. The Morgan fingerprint density at radius 1 is 0.667 bits per heavy atom. The minimum Gasteiger partial charge on any atom is -0.457 e. The molecule has 1 N–H and O–H groups in total. The molecule has 0 aliphatic carbocycles. The lowest BCUT2D eigenvalue weighted by Crippen LogP contribution is -2.27. The van der Waals surface area contributed by atoms with Crippen molar-refractivity contribution < 1.29 is 19.4 Å². The summed E-state index contributed by atoms with van der Waals surface area (Å²) < 4.78 is 10.9. The summed E-state index contributed by atoms with van der Waals surface area (Å²) in [7, 11) is 0. The van der Waals surface area contributed by atoms with Crippen molar-refractivity contribution in [3.05, 3.63) is 0 Å². The Balaban J connectivity index is 3.43. The summed E-state index contributed by atoms with van der Waals surface area (Å²) in [5.41, 5.74) is 0. The molecule has 1 atom stereocenters. The monoisotopic (exact) mass is 428 g/mol. The van der Waals surface area contributed by atoms with E-state index in [4.69, 9.17) is 9.47 Å². The predicted octanol–water partition coefficient (Wildman–Crippen LogP) is 7.36. The van der Waals surface area contributed by atoms with Gasteiger partial charge >= 0.3 is 5.97 Å². The van der Waals surface area contributed by atoms with Gasteiger partial charge in [0.1, 0.15) is 6.10 Å². The molecule has 0 saturated carbocycles. The van der Waals surface area contributed by atoms with Crippen LogP contribution in [0, 0.1) is 0 Å².